The molecule has 0 aliphatic carbocycles. The normalized spacial score (nSPS) is 11.5. The molecular weight excluding hydrogens is 223 g/mol. The third-order valence-electron chi connectivity index (χ3n) is 1.72. The third kappa shape index (κ3) is 2.50. The van der Waals surface area contributed by atoms with Crippen LogP contribution in [-0.4, -0.2) is 11.1 Å². The molecule has 0 unspecified atom stereocenters. The topological polar surface area (TPSA) is 37.3 Å². The molecule has 0 atom stereocenters. The van der Waals surface area contributed by atoms with Gasteiger partial charge in [-0.1, -0.05) is 35.3 Å². The summed E-state index contributed by atoms with van der Waals surface area (Å²) >= 11 is 11.7. The minimum atomic E-state index is -1.00. The molecule has 1 N–H and O–H groups in total. The number of benzene rings is 1. The highest BCUT2D eigenvalue weighted by Crippen LogP contribution is 2.30. The van der Waals surface area contributed by atoms with Gasteiger partial charge in [0.15, 0.2) is 0 Å². The first-order valence-corrected chi connectivity index (χ1v) is 4.63. The predicted molar refractivity (Wildman–Crippen MR) is 57.7 cm³/mol. The van der Waals surface area contributed by atoms with Gasteiger partial charge in [-0.2, -0.15) is 0 Å². The quantitative estimate of drug-likeness (QED) is 0.791. The molecule has 0 aliphatic rings. The van der Waals surface area contributed by atoms with Crippen molar-refractivity contribution in [3.8, 4) is 0 Å². The number of allylic oxidation sites excluding steroid dienone is 1. The average molecular weight is 231 g/mol. The zero-order valence-electron chi connectivity index (χ0n) is 7.42. The van der Waals surface area contributed by atoms with E-state index in [1.807, 2.05) is 0 Å². The molecule has 0 saturated heterocycles. The van der Waals surface area contributed by atoms with Crippen LogP contribution < -0.4 is 0 Å². The fourth-order valence-electron chi connectivity index (χ4n) is 1.07. The van der Waals surface area contributed by atoms with E-state index in [1.165, 1.54) is 0 Å². The zero-order chi connectivity index (χ0) is 10.7. The van der Waals surface area contributed by atoms with Crippen LogP contribution in [0.3, 0.4) is 0 Å². The summed E-state index contributed by atoms with van der Waals surface area (Å²) in [5, 5.41) is 9.35. The predicted octanol–water partition coefficient (Wildman–Crippen LogP) is 3.48. The van der Waals surface area contributed by atoms with Crippen molar-refractivity contribution in [2.24, 2.45) is 0 Å². The summed E-state index contributed by atoms with van der Waals surface area (Å²) in [4.78, 5) is 10.4. The van der Waals surface area contributed by atoms with Crippen molar-refractivity contribution in [1.29, 1.82) is 0 Å². The van der Waals surface area contributed by atoms with E-state index in [0.717, 1.165) is 6.08 Å². The molecular formula is C10H8Cl2O2. The lowest BCUT2D eigenvalue weighted by Crippen LogP contribution is -1.90. The van der Waals surface area contributed by atoms with Crippen LogP contribution in [0.15, 0.2) is 24.3 Å². The molecule has 74 valence electrons. The SMILES string of the molecule is CC(=CC(=O)O)c1cccc(Cl)c1Cl. The van der Waals surface area contributed by atoms with Crippen LogP contribution in [0.5, 0.6) is 0 Å². The lowest BCUT2D eigenvalue weighted by atomic mass is 10.1. The molecule has 0 bridgehead atoms. The van der Waals surface area contributed by atoms with Crippen LogP contribution in [0.25, 0.3) is 5.57 Å². The number of halogens is 2. The van der Waals surface area contributed by atoms with Gasteiger partial charge in [-0.3, -0.25) is 0 Å². The van der Waals surface area contributed by atoms with E-state index in [1.54, 1.807) is 25.1 Å². The van der Waals surface area contributed by atoms with Crippen LogP contribution in [-0.2, 0) is 4.79 Å². The molecule has 0 heterocycles. The van der Waals surface area contributed by atoms with E-state index in [9.17, 15) is 4.79 Å². The van der Waals surface area contributed by atoms with Crippen molar-refractivity contribution in [1.82, 2.24) is 0 Å². The summed E-state index contributed by atoms with van der Waals surface area (Å²) in [5.41, 5.74) is 1.21. The number of hydrogen-bond donors (Lipinski definition) is 1. The average Bonchev–Trinajstić information content (AvgIpc) is 2.08. The summed E-state index contributed by atoms with van der Waals surface area (Å²) in [6.07, 6.45) is 1.09. The Labute approximate surface area is 91.8 Å². The van der Waals surface area contributed by atoms with Crippen molar-refractivity contribution in [2.45, 2.75) is 6.92 Å². The smallest absolute Gasteiger partial charge is 0.328 e. The van der Waals surface area contributed by atoms with Gasteiger partial charge in [-0.15, -0.1) is 0 Å². The molecule has 0 radical (unpaired) electrons. The van der Waals surface area contributed by atoms with Gasteiger partial charge >= 0.3 is 5.97 Å². The second-order valence-electron chi connectivity index (χ2n) is 2.77. The number of carboxylic acid groups (broad SMARTS) is 1. The summed E-state index contributed by atoms with van der Waals surface area (Å²) < 4.78 is 0. The molecule has 1 rings (SSSR count). The second kappa shape index (κ2) is 4.49. The van der Waals surface area contributed by atoms with Gasteiger partial charge in [0.1, 0.15) is 0 Å². The van der Waals surface area contributed by atoms with Crippen LogP contribution >= 0.6 is 23.2 Å². The third-order valence-corrected chi connectivity index (χ3v) is 2.54. The van der Waals surface area contributed by atoms with E-state index >= 15 is 0 Å². The summed E-state index contributed by atoms with van der Waals surface area (Å²) in [5.74, 6) is -1.00. The van der Waals surface area contributed by atoms with Crippen LogP contribution in [0.2, 0.25) is 10.0 Å². The number of aliphatic carboxylic acids is 1. The van der Waals surface area contributed by atoms with Crippen molar-refractivity contribution in [3.63, 3.8) is 0 Å². The number of carbonyl (C=O) groups is 1. The first-order chi connectivity index (χ1) is 6.52. The van der Waals surface area contributed by atoms with E-state index in [2.05, 4.69) is 0 Å². The Balaban J connectivity index is 3.20. The number of rotatable bonds is 2. The van der Waals surface area contributed by atoms with Gasteiger partial charge in [0.2, 0.25) is 0 Å². The molecule has 1 aromatic rings. The van der Waals surface area contributed by atoms with Crippen LogP contribution in [0, 0.1) is 0 Å². The maximum atomic E-state index is 10.4. The van der Waals surface area contributed by atoms with Gasteiger partial charge in [0, 0.05) is 6.08 Å². The maximum absolute atomic E-state index is 10.4. The Bertz CT molecular complexity index is 397. The van der Waals surface area contributed by atoms with E-state index in [-0.39, 0.29) is 0 Å². The standard InChI is InChI=1S/C10H8Cl2O2/c1-6(5-9(13)14)7-3-2-4-8(11)10(7)12/h2-5H,1H3,(H,13,14). The molecule has 2 nitrogen and oxygen atoms in total. The number of hydrogen-bond acceptors (Lipinski definition) is 1. The molecule has 0 fully saturated rings. The van der Waals surface area contributed by atoms with Gasteiger partial charge in [-0.25, -0.2) is 4.79 Å². The Hall–Kier alpha value is -0.990. The van der Waals surface area contributed by atoms with Crippen LogP contribution in [0.4, 0.5) is 0 Å². The lowest BCUT2D eigenvalue weighted by Gasteiger charge is -2.04. The zero-order valence-corrected chi connectivity index (χ0v) is 8.93. The van der Waals surface area contributed by atoms with E-state index in [0.29, 0.717) is 21.2 Å². The minimum Gasteiger partial charge on any atom is -0.478 e. The molecule has 0 aliphatic heterocycles. The van der Waals surface area contributed by atoms with Gasteiger partial charge in [0.05, 0.1) is 10.0 Å². The molecule has 0 amide bonds. The monoisotopic (exact) mass is 230 g/mol. The van der Waals surface area contributed by atoms with Crippen LogP contribution in [0.1, 0.15) is 12.5 Å². The van der Waals surface area contributed by atoms with Crippen molar-refractivity contribution < 1.29 is 9.90 Å². The summed E-state index contributed by atoms with van der Waals surface area (Å²) in [6.45, 7) is 1.67. The van der Waals surface area contributed by atoms with Crippen molar-refractivity contribution >= 4 is 34.7 Å². The van der Waals surface area contributed by atoms with Gasteiger partial charge < -0.3 is 5.11 Å². The van der Waals surface area contributed by atoms with E-state index < -0.39 is 5.97 Å². The molecule has 0 spiro atoms. The Kier molecular flexibility index (Phi) is 3.55. The fraction of sp³-hybridized carbons (Fsp3) is 0.100. The Morgan fingerprint density at radius 2 is 2.07 bits per heavy atom. The molecule has 0 aromatic heterocycles. The largest absolute Gasteiger partial charge is 0.478 e. The lowest BCUT2D eigenvalue weighted by molar-refractivity contribution is -0.131. The first kappa shape index (κ1) is 11.1. The Morgan fingerprint density at radius 1 is 1.43 bits per heavy atom. The van der Waals surface area contributed by atoms with Crippen molar-refractivity contribution in [3.05, 3.63) is 39.9 Å². The molecule has 4 heteroatoms. The van der Waals surface area contributed by atoms with Gasteiger partial charge in [0.25, 0.3) is 0 Å². The fourth-order valence-corrected chi connectivity index (χ4v) is 1.52. The molecule has 1 aromatic carbocycles. The highest BCUT2D eigenvalue weighted by atomic mass is 35.5. The van der Waals surface area contributed by atoms with E-state index in [4.69, 9.17) is 28.3 Å². The number of carboxylic acids is 1. The minimum absolute atomic E-state index is 0.379. The Morgan fingerprint density at radius 3 is 2.64 bits per heavy atom. The van der Waals surface area contributed by atoms with Crippen molar-refractivity contribution in [2.75, 3.05) is 0 Å². The second-order valence-corrected chi connectivity index (χ2v) is 3.55. The van der Waals surface area contributed by atoms with Gasteiger partial charge in [-0.05, 0) is 24.1 Å². The first-order valence-electron chi connectivity index (χ1n) is 3.88. The highest BCUT2D eigenvalue weighted by molar-refractivity contribution is 6.43. The molecule has 0 saturated carbocycles. The summed E-state index contributed by atoms with van der Waals surface area (Å²) in [7, 11) is 0. The maximum Gasteiger partial charge on any atom is 0.328 e. The summed E-state index contributed by atoms with van der Waals surface area (Å²) in [6, 6.07) is 5.10. The highest BCUT2D eigenvalue weighted by Gasteiger charge is 2.06. The molecule has 14 heavy (non-hydrogen) atoms.